The summed E-state index contributed by atoms with van der Waals surface area (Å²) in [6, 6.07) is 3.28. The first-order valence-corrected chi connectivity index (χ1v) is 6.55. The average Bonchev–Trinajstić information content (AvgIpc) is 2.27. The fourth-order valence-corrected chi connectivity index (χ4v) is 2.05. The number of pyridine rings is 1. The van der Waals surface area contributed by atoms with Gasteiger partial charge in [0.1, 0.15) is 0 Å². The van der Waals surface area contributed by atoms with Gasteiger partial charge in [-0.05, 0) is 25.3 Å². The van der Waals surface area contributed by atoms with Gasteiger partial charge in [0.05, 0.1) is 11.3 Å². The fourth-order valence-electron chi connectivity index (χ4n) is 1.32. The second-order valence-corrected chi connectivity index (χ2v) is 4.92. The summed E-state index contributed by atoms with van der Waals surface area (Å²) < 4.78 is 0. The first-order valence-electron chi connectivity index (χ1n) is 5.16. The van der Waals surface area contributed by atoms with Gasteiger partial charge in [0.2, 0.25) is 0 Å². The molecule has 0 spiro atoms. The minimum absolute atomic E-state index is 0.169. The molecular formula is C11H17N3O2S. The number of nitrogens with zero attached hydrogens (tertiary/aromatic N) is 1. The number of nitrogen functional groups attached to an aromatic ring is 1. The summed E-state index contributed by atoms with van der Waals surface area (Å²) in [5.41, 5.74) is 5.21. The SMILES string of the molecule is CSCC(C)(O)CNC(=O)c1ncccc1N. The smallest absolute Gasteiger partial charge is 0.272 e. The van der Waals surface area contributed by atoms with Crippen molar-refractivity contribution in [1.82, 2.24) is 10.3 Å². The Balaban J connectivity index is 2.59. The minimum atomic E-state index is -0.932. The van der Waals surface area contributed by atoms with Crippen molar-refractivity contribution in [2.75, 3.05) is 24.3 Å². The van der Waals surface area contributed by atoms with E-state index in [1.807, 2.05) is 6.26 Å². The van der Waals surface area contributed by atoms with E-state index in [9.17, 15) is 9.90 Å². The molecule has 0 aliphatic carbocycles. The Morgan fingerprint density at radius 3 is 3.00 bits per heavy atom. The number of carbonyl (C=O) groups is 1. The van der Waals surface area contributed by atoms with E-state index in [2.05, 4.69) is 10.3 Å². The Kier molecular flexibility index (Phi) is 4.77. The Bertz CT molecular complexity index is 396. The van der Waals surface area contributed by atoms with Gasteiger partial charge in [-0.15, -0.1) is 0 Å². The predicted molar refractivity (Wildman–Crippen MR) is 70.0 cm³/mol. The number of carbonyl (C=O) groups excluding carboxylic acids is 1. The van der Waals surface area contributed by atoms with Crippen molar-refractivity contribution in [3.8, 4) is 0 Å². The van der Waals surface area contributed by atoms with Gasteiger partial charge in [-0.1, -0.05) is 0 Å². The van der Waals surface area contributed by atoms with Crippen molar-refractivity contribution in [1.29, 1.82) is 0 Å². The van der Waals surface area contributed by atoms with Gasteiger partial charge >= 0.3 is 0 Å². The summed E-state index contributed by atoms with van der Waals surface area (Å²) in [6.45, 7) is 1.84. The van der Waals surface area contributed by atoms with Crippen LogP contribution in [0.25, 0.3) is 0 Å². The van der Waals surface area contributed by atoms with Gasteiger partial charge in [0.25, 0.3) is 5.91 Å². The molecule has 0 saturated carbocycles. The average molecular weight is 255 g/mol. The number of rotatable bonds is 5. The highest BCUT2D eigenvalue weighted by Crippen LogP contribution is 2.10. The lowest BCUT2D eigenvalue weighted by atomic mass is 10.1. The minimum Gasteiger partial charge on any atom is -0.397 e. The van der Waals surface area contributed by atoms with Gasteiger partial charge < -0.3 is 16.2 Å². The summed E-state index contributed by atoms with van der Waals surface area (Å²) in [5, 5.41) is 12.5. The van der Waals surface area contributed by atoms with Crippen LogP contribution in [0.2, 0.25) is 0 Å². The Morgan fingerprint density at radius 2 is 2.41 bits per heavy atom. The molecule has 17 heavy (non-hydrogen) atoms. The van der Waals surface area contributed by atoms with E-state index in [4.69, 9.17) is 5.73 Å². The quantitative estimate of drug-likeness (QED) is 0.713. The second kappa shape index (κ2) is 5.88. The monoisotopic (exact) mass is 255 g/mol. The number of nitrogens with one attached hydrogen (secondary N) is 1. The maximum atomic E-state index is 11.7. The third-order valence-corrected chi connectivity index (χ3v) is 3.05. The van der Waals surface area contributed by atoms with Crippen LogP contribution in [0, 0.1) is 0 Å². The van der Waals surface area contributed by atoms with E-state index in [0.717, 1.165) is 0 Å². The van der Waals surface area contributed by atoms with Crippen LogP contribution in [0.15, 0.2) is 18.3 Å². The third-order valence-electron chi connectivity index (χ3n) is 2.14. The molecule has 6 heteroatoms. The van der Waals surface area contributed by atoms with E-state index in [0.29, 0.717) is 11.4 Å². The number of nitrogens with two attached hydrogens (primary N) is 1. The molecule has 94 valence electrons. The van der Waals surface area contributed by atoms with Crippen molar-refractivity contribution in [3.63, 3.8) is 0 Å². The molecule has 1 heterocycles. The fraction of sp³-hybridized carbons (Fsp3) is 0.455. The molecule has 1 rings (SSSR count). The van der Waals surface area contributed by atoms with Crippen LogP contribution in [0.4, 0.5) is 5.69 Å². The van der Waals surface area contributed by atoms with Crippen LogP contribution in [0.3, 0.4) is 0 Å². The summed E-state index contributed by atoms with van der Waals surface area (Å²) in [7, 11) is 0. The maximum absolute atomic E-state index is 11.7. The Morgan fingerprint density at radius 1 is 1.71 bits per heavy atom. The molecule has 1 atom stereocenters. The molecule has 0 aliphatic heterocycles. The van der Waals surface area contributed by atoms with Crippen molar-refractivity contribution in [2.45, 2.75) is 12.5 Å². The zero-order valence-corrected chi connectivity index (χ0v) is 10.8. The van der Waals surface area contributed by atoms with Gasteiger partial charge in [0, 0.05) is 18.5 Å². The number of amides is 1. The number of thioether (sulfide) groups is 1. The number of aromatic nitrogens is 1. The highest BCUT2D eigenvalue weighted by molar-refractivity contribution is 7.98. The first kappa shape index (κ1) is 13.8. The van der Waals surface area contributed by atoms with Crippen molar-refractivity contribution >= 4 is 23.4 Å². The number of hydrogen-bond donors (Lipinski definition) is 3. The topological polar surface area (TPSA) is 88.2 Å². The highest BCUT2D eigenvalue weighted by atomic mass is 32.2. The van der Waals surface area contributed by atoms with Crippen molar-refractivity contribution < 1.29 is 9.90 Å². The predicted octanol–water partition coefficient (Wildman–Crippen LogP) is 0.508. The summed E-state index contributed by atoms with van der Waals surface area (Å²) in [6.07, 6.45) is 3.40. The summed E-state index contributed by atoms with van der Waals surface area (Å²) in [5.74, 6) is 0.176. The largest absolute Gasteiger partial charge is 0.397 e. The Labute approximate surface area is 105 Å². The highest BCUT2D eigenvalue weighted by Gasteiger charge is 2.21. The molecule has 5 nitrogen and oxygen atoms in total. The Hall–Kier alpha value is -1.27. The molecular weight excluding hydrogens is 238 g/mol. The first-order chi connectivity index (χ1) is 7.96. The number of anilines is 1. The molecule has 1 aromatic rings. The maximum Gasteiger partial charge on any atom is 0.272 e. The number of aliphatic hydroxyl groups is 1. The van der Waals surface area contributed by atoms with Gasteiger partial charge in [-0.2, -0.15) is 11.8 Å². The molecule has 0 aliphatic rings. The van der Waals surface area contributed by atoms with Gasteiger partial charge in [0.15, 0.2) is 5.69 Å². The molecule has 1 unspecified atom stereocenters. The number of hydrogen-bond acceptors (Lipinski definition) is 5. The van der Waals surface area contributed by atoms with Gasteiger partial charge in [-0.25, -0.2) is 4.98 Å². The van der Waals surface area contributed by atoms with E-state index in [1.165, 1.54) is 18.0 Å². The second-order valence-electron chi connectivity index (χ2n) is 4.05. The molecule has 0 saturated heterocycles. The molecule has 1 aromatic heterocycles. The normalized spacial score (nSPS) is 14.1. The van der Waals surface area contributed by atoms with Crippen molar-refractivity contribution in [2.24, 2.45) is 0 Å². The zero-order valence-electron chi connectivity index (χ0n) is 9.93. The van der Waals surface area contributed by atoms with E-state index in [-0.39, 0.29) is 18.1 Å². The van der Waals surface area contributed by atoms with Crippen LogP contribution in [-0.4, -0.2) is 40.2 Å². The lowest BCUT2D eigenvalue weighted by Gasteiger charge is -2.22. The van der Waals surface area contributed by atoms with Crippen LogP contribution in [-0.2, 0) is 0 Å². The molecule has 4 N–H and O–H groups in total. The van der Waals surface area contributed by atoms with E-state index in [1.54, 1.807) is 19.1 Å². The molecule has 0 bridgehead atoms. The van der Waals surface area contributed by atoms with Gasteiger partial charge in [-0.3, -0.25) is 4.79 Å². The van der Waals surface area contributed by atoms with E-state index < -0.39 is 5.60 Å². The zero-order chi connectivity index (χ0) is 12.9. The third kappa shape index (κ3) is 4.24. The lowest BCUT2D eigenvalue weighted by Crippen LogP contribution is -2.42. The molecule has 0 radical (unpaired) electrons. The van der Waals surface area contributed by atoms with Crippen LogP contribution in [0.1, 0.15) is 17.4 Å². The molecule has 0 aromatic carbocycles. The van der Waals surface area contributed by atoms with Crippen LogP contribution in [0.5, 0.6) is 0 Å². The van der Waals surface area contributed by atoms with Crippen LogP contribution < -0.4 is 11.1 Å². The van der Waals surface area contributed by atoms with Crippen LogP contribution >= 0.6 is 11.8 Å². The summed E-state index contributed by atoms with van der Waals surface area (Å²) in [4.78, 5) is 15.6. The molecule has 0 fully saturated rings. The van der Waals surface area contributed by atoms with Crippen molar-refractivity contribution in [3.05, 3.63) is 24.0 Å². The molecule has 1 amide bonds. The van der Waals surface area contributed by atoms with E-state index >= 15 is 0 Å². The standard InChI is InChI=1S/C11H17N3O2S/c1-11(16,7-17-2)6-14-10(15)9-8(12)4-3-5-13-9/h3-5,16H,6-7,12H2,1-2H3,(H,14,15). The lowest BCUT2D eigenvalue weighted by molar-refractivity contribution is 0.0723. The summed E-state index contributed by atoms with van der Waals surface area (Å²) >= 11 is 1.52.